The van der Waals surface area contributed by atoms with Crippen molar-refractivity contribution in [3.63, 3.8) is 0 Å². The van der Waals surface area contributed by atoms with Crippen LogP contribution in [0.5, 0.6) is 5.75 Å². The van der Waals surface area contributed by atoms with Crippen LogP contribution in [0.4, 0.5) is 0 Å². The maximum Gasteiger partial charge on any atom is 0.224 e. The number of phenolic OH excluding ortho intramolecular Hbond substituents is 1. The highest BCUT2D eigenvalue weighted by atomic mass is 16.3. The number of nitrogens with zero attached hydrogens (tertiary/aromatic N) is 4. The van der Waals surface area contributed by atoms with Gasteiger partial charge in [-0.15, -0.1) is 15.0 Å². The van der Waals surface area contributed by atoms with E-state index in [0.717, 1.165) is 27.6 Å². The maximum absolute atomic E-state index is 12.2. The Balaban J connectivity index is 1.74. The monoisotopic (exact) mass is 354 g/mol. The Morgan fingerprint density at radius 3 is 2.38 bits per heavy atom. The molecule has 0 saturated heterocycles. The number of aromatic nitrogens is 3. The molecule has 0 saturated carbocycles. The summed E-state index contributed by atoms with van der Waals surface area (Å²) in [6.45, 7) is 1.48. The topological polar surface area (TPSA) is 80.0 Å². The molecule has 7 nitrogen and oxygen atoms in total. The van der Waals surface area contributed by atoms with E-state index in [-0.39, 0.29) is 18.1 Å². The number of rotatable bonds is 6. The zero-order valence-corrected chi connectivity index (χ0v) is 15.3. The second kappa shape index (κ2) is 7.13. The van der Waals surface area contributed by atoms with E-state index in [1.807, 2.05) is 24.3 Å². The Kier molecular flexibility index (Phi) is 4.90. The number of aromatic hydroxyl groups is 1. The van der Waals surface area contributed by atoms with E-state index in [1.54, 1.807) is 18.2 Å². The first-order chi connectivity index (χ1) is 12.3. The predicted molar refractivity (Wildman–Crippen MR) is 100 cm³/mol. The summed E-state index contributed by atoms with van der Waals surface area (Å²) in [5.41, 5.74) is 2.74. The highest BCUT2D eigenvalue weighted by molar-refractivity contribution is 5.79. The minimum absolute atomic E-state index is 0.0475. The van der Waals surface area contributed by atoms with Crippen LogP contribution in [0.15, 0.2) is 42.5 Å². The molecule has 7 heteroatoms. The van der Waals surface area contributed by atoms with Crippen LogP contribution in [-0.4, -0.2) is 64.7 Å². The summed E-state index contributed by atoms with van der Waals surface area (Å²) < 4.78 is 0.794. The third kappa shape index (κ3) is 4.37. The van der Waals surface area contributed by atoms with Crippen LogP contribution in [0.2, 0.25) is 0 Å². The molecule has 0 radical (unpaired) electrons. The quantitative estimate of drug-likeness (QED) is 0.657. The lowest BCUT2D eigenvalue weighted by atomic mass is 10.1. The van der Waals surface area contributed by atoms with Gasteiger partial charge in [-0.2, -0.15) is 0 Å². The molecule has 2 N–H and O–H groups in total. The van der Waals surface area contributed by atoms with Gasteiger partial charge >= 0.3 is 0 Å². The molecule has 136 valence electrons. The van der Waals surface area contributed by atoms with Crippen molar-refractivity contribution in [2.24, 2.45) is 0 Å². The lowest BCUT2D eigenvalue weighted by Gasteiger charge is -2.23. The minimum Gasteiger partial charge on any atom is -0.506 e. The van der Waals surface area contributed by atoms with Crippen molar-refractivity contribution < 1.29 is 14.4 Å². The molecule has 3 aromatic rings. The summed E-state index contributed by atoms with van der Waals surface area (Å²) in [5.74, 6) is 0.0215. The van der Waals surface area contributed by atoms with Gasteiger partial charge in [0.25, 0.3) is 0 Å². The van der Waals surface area contributed by atoms with Gasteiger partial charge in [0.05, 0.1) is 40.7 Å². The summed E-state index contributed by atoms with van der Waals surface area (Å²) >= 11 is 0. The van der Waals surface area contributed by atoms with E-state index >= 15 is 0 Å². The van der Waals surface area contributed by atoms with Crippen LogP contribution < -0.4 is 5.32 Å². The molecule has 0 atom stereocenters. The number of fused-ring (bicyclic) bond motifs is 1. The van der Waals surface area contributed by atoms with E-state index in [1.165, 1.54) is 4.80 Å². The molecule has 0 fully saturated rings. The second-order valence-corrected chi connectivity index (χ2v) is 7.34. The highest BCUT2D eigenvalue weighted by Crippen LogP contribution is 2.23. The van der Waals surface area contributed by atoms with Crippen LogP contribution in [0.1, 0.15) is 5.56 Å². The molecule has 0 unspecified atom stereocenters. The molecule has 0 bridgehead atoms. The van der Waals surface area contributed by atoms with E-state index in [4.69, 9.17) is 0 Å². The fraction of sp³-hybridized carbons (Fsp3) is 0.316. The van der Waals surface area contributed by atoms with Crippen LogP contribution in [0.25, 0.3) is 16.7 Å². The average Bonchev–Trinajstić information content (AvgIpc) is 2.99. The van der Waals surface area contributed by atoms with Gasteiger partial charge in [-0.1, -0.05) is 18.2 Å². The van der Waals surface area contributed by atoms with Gasteiger partial charge in [-0.05, 0) is 29.8 Å². The van der Waals surface area contributed by atoms with Crippen molar-refractivity contribution >= 4 is 16.9 Å². The minimum atomic E-state index is -0.0475. The van der Waals surface area contributed by atoms with Gasteiger partial charge in [0.15, 0.2) is 0 Å². The third-order valence-corrected chi connectivity index (χ3v) is 4.01. The molecule has 0 aliphatic heterocycles. The lowest BCUT2D eigenvalue weighted by molar-refractivity contribution is -0.869. The van der Waals surface area contributed by atoms with Gasteiger partial charge in [0, 0.05) is 0 Å². The summed E-state index contributed by atoms with van der Waals surface area (Å²) in [5, 5.41) is 21.9. The number of benzene rings is 2. The van der Waals surface area contributed by atoms with Crippen molar-refractivity contribution in [1.29, 1.82) is 0 Å². The standard InChI is InChI=1S/C19H23N5O2/c1-24(2,3)11-10-20-19(26)13-14-8-9-18(25)17(12-14)23-21-15-6-4-5-7-16(15)22-23/h4-9,12H,10-11,13H2,1-3H3,(H-,20,25,26)/p+1. The third-order valence-electron chi connectivity index (χ3n) is 4.01. The first-order valence-corrected chi connectivity index (χ1v) is 8.53. The normalized spacial score (nSPS) is 11.7. The molecule has 1 heterocycles. The van der Waals surface area contributed by atoms with E-state index in [9.17, 15) is 9.90 Å². The molecule has 0 spiro atoms. The Labute approximate surface area is 152 Å². The summed E-state index contributed by atoms with van der Waals surface area (Å²) in [7, 11) is 6.25. The summed E-state index contributed by atoms with van der Waals surface area (Å²) in [6, 6.07) is 12.5. The highest BCUT2D eigenvalue weighted by Gasteiger charge is 2.12. The van der Waals surface area contributed by atoms with Crippen molar-refractivity contribution in [3.05, 3.63) is 48.0 Å². The summed E-state index contributed by atoms with van der Waals surface area (Å²) in [6.07, 6.45) is 0.241. The Morgan fingerprint density at radius 1 is 1.12 bits per heavy atom. The SMILES string of the molecule is C[N+](C)(C)CCNC(=O)Cc1ccc(O)c(-n2nc3ccccc3n2)c1. The van der Waals surface area contributed by atoms with Crippen molar-refractivity contribution in [2.45, 2.75) is 6.42 Å². The van der Waals surface area contributed by atoms with Crippen molar-refractivity contribution in [3.8, 4) is 11.4 Å². The fourth-order valence-corrected chi connectivity index (χ4v) is 2.59. The molecular weight excluding hydrogens is 330 g/mol. The molecule has 1 amide bonds. The van der Waals surface area contributed by atoms with Crippen LogP contribution >= 0.6 is 0 Å². The number of quaternary nitrogens is 1. The lowest BCUT2D eigenvalue weighted by Crippen LogP contribution is -2.42. The van der Waals surface area contributed by atoms with Gasteiger partial charge in [-0.25, -0.2) is 0 Å². The first kappa shape index (κ1) is 17.9. The molecule has 26 heavy (non-hydrogen) atoms. The number of hydrogen-bond acceptors (Lipinski definition) is 4. The smallest absolute Gasteiger partial charge is 0.224 e. The molecule has 1 aromatic heterocycles. The maximum atomic E-state index is 12.2. The number of carbonyl (C=O) groups excluding carboxylic acids is 1. The number of amides is 1. The van der Waals surface area contributed by atoms with Gasteiger partial charge < -0.3 is 14.9 Å². The number of likely N-dealkylation sites (N-methyl/N-ethyl adjacent to an activating group) is 1. The molecule has 0 aliphatic rings. The number of phenols is 1. The molecule has 0 aliphatic carbocycles. The second-order valence-electron chi connectivity index (χ2n) is 7.34. The largest absolute Gasteiger partial charge is 0.506 e. The van der Waals surface area contributed by atoms with E-state index in [0.29, 0.717) is 12.2 Å². The Hall–Kier alpha value is -2.93. The Bertz CT molecular complexity index is 894. The number of carbonyl (C=O) groups is 1. The fourth-order valence-electron chi connectivity index (χ4n) is 2.59. The molecule has 3 rings (SSSR count). The zero-order valence-electron chi connectivity index (χ0n) is 15.3. The van der Waals surface area contributed by atoms with Crippen LogP contribution in [0.3, 0.4) is 0 Å². The van der Waals surface area contributed by atoms with Crippen molar-refractivity contribution in [1.82, 2.24) is 20.3 Å². The van der Waals surface area contributed by atoms with Crippen LogP contribution in [0, 0.1) is 0 Å². The number of hydrogen-bond donors (Lipinski definition) is 2. The van der Waals surface area contributed by atoms with Crippen molar-refractivity contribution in [2.75, 3.05) is 34.2 Å². The number of nitrogens with one attached hydrogen (secondary N) is 1. The van der Waals surface area contributed by atoms with Gasteiger partial charge in [0.1, 0.15) is 22.5 Å². The zero-order chi connectivity index (χ0) is 18.7. The first-order valence-electron chi connectivity index (χ1n) is 8.53. The van der Waals surface area contributed by atoms with Crippen LogP contribution in [-0.2, 0) is 11.2 Å². The predicted octanol–water partition coefficient (Wildman–Crippen LogP) is 1.49. The Morgan fingerprint density at radius 2 is 1.77 bits per heavy atom. The summed E-state index contributed by atoms with van der Waals surface area (Å²) in [4.78, 5) is 13.6. The van der Waals surface area contributed by atoms with Gasteiger partial charge in [-0.3, -0.25) is 4.79 Å². The van der Waals surface area contributed by atoms with E-state index < -0.39 is 0 Å². The molecular formula is C19H24N5O2+. The van der Waals surface area contributed by atoms with E-state index in [2.05, 4.69) is 36.7 Å². The average molecular weight is 354 g/mol. The van der Waals surface area contributed by atoms with Gasteiger partial charge in [0.2, 0.25) is 5.91 Å². The molecule has 2 aromatic carbocycles.